The van der Waals surface area contributed by atoms with Gasteiger partial charge < -0.3 is 161 Å². The maximum absolute atomic E-state index is 14.6. The van der Waals surface area contributed by atoms with Crippen LogP contribution in [0.5, 0.6) is 0 Å². The second-order valence-electron chi connectivity index (χ2n) is 28.9. The molecule has 1 aromatic carbocycles. The SMILES string of the molecule is CC(C)[C@H](NC(=O)CCCCCN1C(=O)CC(SC[C@@H](NC(=O)[C@H](CCC(=O)NC[C@H](O)[C@@H](O)[C@H](O)[C@H](O)CO)NC(=O)[C@@H](CCC(=O)O)NC(=O)[C@H](CCC(=O)NC[C@H](O)[C@@H](O)[C@H](O)[C@H](O)CO)NC(=O)[C@@H](CCC(=O)O)NC(=O)[C@@H](N)CCC(=O)NC[C@H](O)[C@@H](O)[C@H](O)[C@H](O)CO)C(=O)O)C1=O)C(=O)N[C@@H](C)C(=O)Nc1ccc(COC=O)cc1. The number of rotatable bonds is 62. The quantitative estimate of drug-likeness (QED) is 0.0164. The molecule has 1 aliphatic rings. The number of carboxylic acids is 3. The Morgan fingerprint density at radius 1 is 0.467 bits per heavy atom. The third-order valence-electron chi connectivity index (χ3n) is 18.8. The Morgan fingerprint density at radius 3 is 1.24 bits per heavy atom. The van der Waals surface area contributed by atoms with Crippen LogP contribution in [0.3, 0.4) is 0 Å². The number of imide groups is 1. The minimum atomic E-state index is -2.21. The molecule has 1 heterocycles. The van der Waals surface area contributed by atoms with Crippen molar-refractivity contribution < 1.29 is 178 Å². The van der Waals surface area contributed by atoms with Crippen molar-refractivity contribution >= 4 is 119 Å². The number of nitrogens with zero attached hydrogens (tertiary/aromatic N) is 1. The van der Waals surface area contributed by atoms with Crippen LogP contribution in [0.1, 0.15) is 123 Å². The van der Waals surface area contributed by atoms with Gasteiger partial charge in [0, 0.05) is 82.6 Å². The van der Waals surface area contributed by atoms with Gasteiger partial charge in [0.1, 0.15) is 104 Å². The highest BCUT2D eigenvalue weighted by molar-refractivity contribution is 8.00. The van der Waals surface area contributed by atoms with E-state index in [4.69, 9.17) is 15.6 Å². The van der Waals surface area contributed by atoms with Crippen molar-refractivity contribution in [3.05, 3.63) is 29.8 Å². The van der Waals surface area contributed by atoms with Gasteiger partial charge in [-0.2, -0.15) is 0 Å². The van der Waals surface area contributed by atoms with E-state index < -0.39 is 343 Å². The number of unbranched alkanes of at least 4 members (excludes halogenated alkanes) is 2. The van der Waals surface area contributed by atoms with E-state index in [-0.39, 0.29) is 45.3 Å². The van der Waals surface area contributed by atoms with Gasteiger partial charge in [-0.25, -0.2) is 4.79 Å². The van der Waals surface area contributed by atoms with E-state index in [1.165, 1.54) is 6.92 Å². The van der Waals surface area contributed by atoms with Crippen LogP contribution in [-0.4, -0.2) is 377 Å². The number of carbonyl (C=O) groups is 17. The summed E-state index contributed by atoms with van der Waals surface area (Å²) >= 11 is 0.593. The first-order valence-electron chi connectivity index (χ1n) is 38.6. The zero-order valence-electron chi connectivity index (χ0n) is 66.9. The molecule has 1 aliphatic heterocycles. The lowest BCUT2D eigenvalue weighted by atomic mass is 10.0. The molecule has 49 nitrogen and oxygen atoms in total. The van der Waals surface area contributed by atoms with Gasteiger partial charge in [0.2, 0.25) is 76.8 Å². The maximum Gasteiger partial charge on any atom is 0.327 e. The highest BCUT2D eigenvalue weighted by Crippen LogP contribution is 2.27. The van der Waals surface area contributed by atoms with Gasteiger partial charge in [0.05, 0.1) is 49.4 Å². The molecule has 0 spiro atoms. The Morgan fingerprint density at radius 2 is 0.852 bits per heavy atom. The summed E-state index contributed by atoms with van der Waals surface area (Å²) in [5, 5.41) is 202. The number of nitrogens with one attached hydrogen (secondary N) is 11. The number of hydrogen-bond donors (Lipinski definition) is 30. The number of carboxylic acid groups (broad SMARTS) is 3. The summed E-state index contributed by atoms with van der Waals surface area (Å²) < 4.78 is 4.70. The Hall–Kier alpha value is -9.88. The summed E-state index contributed by atoms with van der Waals surface area (Å²) in [5.41, 5.74) is 7.03. The fourth-order valence-corrected chi connectivity index (χ4v) is 12.5. The minimum Gasteiger partial charge on any atom is -0.481 e. The minimum absolute atomic E-state index is 0.0139. The Labute approximate surface area is 701 Å². The number of thioether (sulfide) groups is 1. The van der Waals surface area contributed by atoms with Crippen molar-refractivity contribution in [1.82, 2.24) is 58.1 Å². The lowest BCUT2D eigenvalue weighted by Crippen LogP contribution is -2.59. The molecule has 0 aromatic heterocycles. The van der Waals surface area contributed by atoms with Crippen LogP contribution in [0.15, 0.2) is 24.3 Å². The molecule has 13 amide bonds. The standard InChI is InChI=1S/C72H115N13O36S/c1-33(2)57(70(117)77-34(3)64(111)78-36-10-8-35(9-11-36)30-121-32-89)84-53(99)7-5-4-6-22-85-54(100)23-49(71(85)118)122-31-42(72(119)120)83-69(116)39(14-19-52(98)76-26-45(92)60(107)63(110)48(95)29-88)81-68(115)41(16-21-56(103)104)82-66(113)38(13-18-51(97)75-25-44(91)59(106)62(109)47(94)28-87)80-67(114)40(15-20-55(101)102)79-65(112)37(73)12-17-50(96)74-24-43(90)58(105)61(108)46(93)27-86/h8-11,32-34,37-49,57-63,86-88,90-95,105-110H,4-7,12-31,73H2,1-3H3,(H,74,96)(H,75,97)(H,76,98)(H,77,117)(H,78,111)(H,79,112)(H,80,114)(H,81,115)(H,82,113)(H,83,116)(H,84,99)(H,101,102)(H,103,104)(H,119,120)/t34-,37-,38-,39-,40+,41+,42+,43-,44-,45-,46+,47+,48+,49?,57-,58+,59+,60+,61+,62+,63+/m0/s1. The second-order valence-corrected chi connectivity index (χ2v) is 30.1. The largest absolute Gasteiger partial charge is 0.481 e. The van der Waals surface area contributed by atoms with Gasteiger partial charge >= 0.3 is 17.9 Å². The van der Waals surface area contributed by atoms with Gasteiger partial charge in [-0.15, -0.1) is 11.8 Å². The van der Waals surface area contributed by atoms with Crippen molar-refractivity contribution in [3.63, 3.8) is 0 Å². The summed E-state index contributed by atoms with van der Waals surface area (Å²) in [6, 6.07) is -8.05. The molecule has 0 aliphatic carbocycles. The molecular formula is C72H115N13O36S. The summed E-state index contributed by atoms with van der Waals surface area (Å²) in [5.74, 6) is -19.9. The molecule has 0 radical (unpaired) electrons. The molecule has 2 rings (SSSR count). The number of aliphatic hydroxyl groups is 15. The maximum atomic E-state index is 14.6. The average Bonchev–Trinajstić information content (AvgIpc) is 1.69. The van der Waals surface area contributed by atoms with Crippen LogP contribution in [-0.2, 0) is 92.9 Å². The number of likely N-dealkylation sites (tertiary alicyclic amines) is 1. The number of carbonyl (C=O) groups excluding carboxylic acids is 14. The van der Waals surface area contributed by atoms with Crippen molar-refractivity contribution in [3.8, 4) is 0 Å². The lowest BCUT2D eigenvalue weighted by molar-refractivity contribution is -0.142. The molecule has 1 aromatic rings. The summed E-state index contributed by atoms with van der Waals surface area (Å²) in [6.07, 6.45) is -33.3. The van der Waals surface area contributed by atoms with Crippen molar-refractivity contribution in [2.24, 2.45) is 11.7 Å². The number of aliphatic hydroxyl groups excluding tert-OH is 15. The zero-order valence-corrected chi connectivity index (χ0v) is 67.7. The summed E-state index contributed by atoms with van der Waals surface area (Å²) in [6.45, 7) is -0.890. The van der Waals surface area contributed by atoms with Crippen LogP contribution in [0.25, 0.3) is 0 Å². The average molecular weight is 1770 g/mol. The van der Waals surface area contributed by atoms with Crippen LogP contribution >= 0.6 is 11.8 Å². The van der Waals surface area contributed by atoms with Gasteiger partial charge in [-0.3, -0.25) is 81.6 Å². The first-order chi connectivity index (χ1) is 57.3. The van der Waals surface area contributed by atoms with E-state index in [0.717, 1.165) is 4.90 Å². The van der Waals surface area contributed by atoms with E-state index in [1.54, 1.807) is 38.1 Å². The molecule has 1 saturated heterocycles. The molecule has 0 saturated carbocycles. The third-order valence-corrected chi connectivity index (χ3v) is 20.1. The Balaban J connectivity index is 2.47. The molecule has 21 atom stereocenters. The highest BCUT2D eigenvalue weighted by Gasteiger charge is 2.42. The van der Waals surface area contributed by atoms with Crippen LogP contribution in [0, 0.1) is 5.92 Å². The van der Waals surface area contributed by atoms with Crippen molar-refractivity contribution in [1.29, 1.82) is 0 Å². The van der Waals surface area contributed by atoms with Crippen LogP contribution in [0.4, 0.5) is 5.69 Å². The fourth-order valence-electron chi connectivity index (χ4n) is 11.3. The van der Waals surface area contributed by atoms with Gasteiger partial charge in [0.25, 0.3) is 6.47 Å². The first-order valence-corrected chi connectivity index (χ1v) is 39.6. The molecule has 122 heavy (non-hydrogen) atoms. The normalized spacial score (nSPS) is 17.7. The lowest BCUT2D eigenvalue weighted by Gasteiger charge is -2.27. The van der Waals surface area contributed by atoms with Gasteiger partial charge in [0.15, 0.2) is 0 Å². The van der Waals surface area contributed by atoms with Crippen LogP contribution < -0.4 is 64.2 Å². The van der Waals surface area contributed by atoms with Crippen molar-refractivity contribution in [2.75, 3.05) is 57.1 Å². The van der Waals surface area contributed by atoms with Gasteiger partial charge in [-0.05, 0) is 75.5 Å². The van der Waals surface area contributed by atoms with E-state index in [2.05, 4.69) is 58.5 Å². The number of benzene rings is 1. The van der Waals surface area contributed by atoms with Crippen molar-refractivity contribution in [2.45, 2.75) is 251 Å². The highest BCUT2D eigenvalue weighted by atomic mass is 32.2. The summed E-state index contributed by atoms with van der Waals surface area (Å²) in [7, 11) is 0. The number of hydrogen-bond acceptors (Lipinski definition) is 35. The number of aliphatic carboxylic acids is 3. The molecule has 31 N–H and O–H groups in total. The first kappa shape index (κ1) is 108. The number of ether oxygens (including phenoxy) is 1. The predicted octanol–water partition coefficient (Wildman–Crippen LogP) is -13.1. The number of anilines is 1. The molecule has 1 fully saturated rings. The zero-order chi connectivity index (χ0) is 92.4. The van der Waals surface area contributed by atoms with Crippen LogP contribution in [0.2, 0.25) is 0 Å². The Kier molecular flexibility index (Phi) is 49.7. The van der Waals surface area contributed by atoms with Gasteiger partial charge in [-0.1, -0.05) is 32.4 Å². The number of nitrogens with two attached hydrogens (primary N) is 1. The van der Waals surface area contributed by atoms with E-state index >= 15 is 0 Å². The molecular weight excluding hydrogens is 1650 g/mol. The second kappa shape index (κ2) is 56.0. The van der Waals surface area contributed by atoms with E-state index in [0.29, 0.717) is 23.0 Å². The Bertz CT molecular complexity index is 3610. The topological polar surface area (TPSA) is 825 Å². The summed E-state index contributed by atoms with van der Waals surface area (Å²) in [4.78, 5) is 225. The number of amides is 13. The predicted molar refractivity (Wildman–Crippen MR) is 415 cm³/mol. The molecule has 690 valence electrons. The molecule has 0 bridgehead atoms. The van der Waals surface area contributed by atoms with E-state index in [9.17, 15) is 168 Å². The third kappa shape index (κ3) is 39.1. The fraction of sp³-hybridized carbons (Fsp3) is 0.681. The smallest absolute Gasteiger partial charge is 0.327 e. The molecule has 50 heteroatoms. The molecule has 1 unspecified atom stereocenters. The van der Waals surface area contributed by atoms with E-state index in [1.807, 2.05) is 0 Å². The monoisotopic (exact) mass is 1770 g/mol.